The first-order chi connectivity index (χ1) is 12.3. The molecule has 2 saturated heterocycles. The van der Waals surface area contributed by atoms with E-state index in [9.17, 15) is 4.79 Å². The minimum absolute atomic E-state index is 0.0624. The fraction of sp³-hybridized carbons (Fsp3) is 0.632. The van der Waals surface area contributed by atoms with Crippen molar-refractivity contribution in [3.8, 4) is 0 Å². The molecule has 1 unspecified atom stereocenters. The van der Waals surface area contributed by atoms with Crippen molar-refractivity contribution in [2.24, 2.45) is 0 Å². The zero-order chi connectivity index (χ0) is 17.3. The summed E-state index contributed by atoms with van der Waals surface area (Å²) in [6, 6.07) is 10.5. The van der Waals surface area contributed by atoms with Crippen LogP contribution in [0.5, 0.6) is 0 Å². The van der Waals surface area contributed by atoms with Crippen molar-refractivity contribution in [1.29, 1.82) is 0 Å². The Morgan fingerprint density at radius 3 is 2.64 bits per heavy atom. The lowest BCUT2D eigenvalue weighted by molar-refractivity contribution is -0.125. The summed E-state index contributed by atoms with van der Waals surface area (Å²) in [5.41, 5.74) is 1.39. The minimum Gasteiger partial charge on any atom is -0.378 e. The van der Waals surface area contributed by atoms with Crippen LogP contribution >= 0.6 is 0 Å². The Labute approximate surface area is 150 Å². The fourth-order valence-corrected chi connectivity index (χ4v) is 3.38. The van der Waals surface area contributed by atoms with Crippen molar-refractivity contribution >= 4 is 5.91 Å². The number of nitrogens with zero attached hydrogens (tertiary/aromatic N) is 2. The molecule has 0 aliphatic carbocycles. The largest absolute Gasteiger partial charge is 0.378 e. The first-order valence-corrected chi connectivity index (χ1v) is 9.39. The Kier molecular flexibility index (Phi) is 7.23. The average molecular weight is 346 g/mol. The lowest BCUT2D eigenvalue weighted by Gasteiger charge is -2.34. The molecule has 6 nitrogen and oxygen atoms in total. The number of hydrogen-bond donors (Lipinski definition) is 2. The van der Waals surface area contributed by atoms with Gasteiger partial charge >= 0.3 is 0 Å². The van der Waals surface area contributed by atoms with Gasteiger partial charge in [0.25, 0.3) is 0 Å². The van der Waals surface area contributed by atoms with Gasteiger partial charge in [0.05, 0.1) is 13.2 Å². The monoisotopic (exact) mass is 346 g/mol. The fourth-order valence-electron chi connectivity index (χ4n) is 3.38. The van der Waals surface area contributed by atoms with Crippen molar-refractivity contribution in [2.75, 3.05) is 59.0 Å². The van der Waals surface area contributed by atoms with E-state index >= 15 is 0 Å². The number of piperazine rings is 1. The minimum atomic E-state index is -0.185. The molecule has 2 heterocycles. The molecule has 0 saturated carbocycles. The van der Waals surface area contributed by atoms with Crippen molar-refractivity contribution < 1.29 is 9.53 Å². The third-order valence-corrected chi connectivity index (χ3v) is 4.90. The van der Waals surface area contributed by atoms with Crippen LogP contribution in [-0.4, -0.2) is 80.8 Å². The van der Waals surface area contributed by atoms with E-state index in [1.807, 2.05) is 0 Å². The Hall–Kier alpha value is -1.47. The van der Waals surface area contributed by atoms with Crippen LogP contribution in [-0.2, 0) is 16.1 Å². The summed E-state index contributed by atoms with van der Waals surface area (Å²) in [7, 11) is 0. The van der Waals surface area contributed by atoms with Crippen LogP contribution in [0, 0.1) is 0 Å². The van der Waals surface area contributed by atoms with Crippen LogP contribution in [0.25, 0.3) is 0 Å². The van der Waals surface area contributed by atoms with E-state index < -0.39 is 0 Å². The van der Waals surface area contributed by atoms with Crippen molar-refractivity contribution in [3.63, 3.8) is 0 Å². The molecule has 6 heteroatoms. The summed E-state index contributed by atoms with van der Waals surface area (Å²) in [5, 5.41) is 6.20. The molecule has 0 radical (unpaired) electrons. The van der Waals surface area contributed by atoms with E-state index in [4.69, 9.17) is 4.74 Å². The second-order valence-corrected chi connectivity index (χ2v) is 6.83. The molecule has 2 fully saturated rings. The maximum absolute atomic E-state index is 12.0. The Balaban J connectivity index is 1.26. The first-order valence-electron chi connectivity index (χ1n) is 9.39. The quantitative estimate of drug-likeness (QED) is 0.696. The van der Waals surface area contributed by atoms with Gasteiger partial charge in [0.2, 0.25) is 5.91 Å². The maximum Gasteiger partial charge on any atom is 0.239 e. The van der Waals surface area contributed by atoms with Crippen molar-refractivity contribution in [2.45, 2.75) is 19.0 Å². The highest BCUT2D eigenvalue weighted by Crippen LogP contribution is 2.08. The highest BCUT2D eigenvalue weighted by molar-refractivity contribution is 5.81. The zero-order valence-corrected chi connectivity index (χ0v) is 15.0. The summed E-state index contributed by atoms with van der Waals surface area (Å²) in [6.45, 7) is 9.21. The van der Waals surface area contributed by atoms with Gasteiger partial charge in [0.1, 0.15) is 6.04 Å². The predicted octanol–water partition coefficient (Wildman–Crippen LogP) is 0.299. The van der Waals surface area contributed by atoms with Crippen molar-refractivity contribution in [3.05, 3.63) is 35.9 Å². The van der Waals surface area contributed by atoms with Gasteiger partial charge in [-0.3, -0.25) is 9.69 Å². The molecule has 0 bridgehead atoms. The SMILES string of the molecule is O=C(NCCCN1CCN(Cc2ccccc2)CC1)C1COCCN1. The standard InChI is InChI=1S/C19H30N4O2/c24-19(18-16-25-14-8-20-18)21-7-4-9-22-10-12-23(13-11-22)15-17-5-2-1-3-6-17/h1-3,5-6,18,20H,4,7-16H2,(H,21,24). The molecule has 1 amide bonds. The number of hydrogen-bond acceptors (Lipinski definition) is 5. The lowest BCUT2D eigenvalue weighted by Crippen LogP contribution is -2.51. The molecule has 1 atom stereocenters. The molecule has 1 aromatic rings. The van der Waals surface area contributed by atoms with Crippen LogP contribution in [0.1, 0.15) is 12.0 Å². The van der Waals surface area contributed by atoms with Crippen LogP contribution in [0.15, 0.2) is 30.3 Å². The Morgan fingerprint density at radius 1 is 1.16 bits per heavy atom. The third kappa shape index (κ3) is 6.08. The summed E-state index contributed by atoms with van der Waals surface area (Å²) >= 11 is 0. The topological polar surface area (TPSA) is 56.8 Å². The normalized spacial score (nSPS) is 22.6. The van der Waals surface area contributed by atoms with Gasteiger partial charge < -0.3 is 20.3 Å². The van der Waals surface area contributed by atoms with E-state index in [1.54, 1.807) is 0 Å². The van der Waals surface area contributed by atoms with Gasteiger partial charge in [-0.1, -0.05) is 30.3 Å². The van der Waals surface area contributed by atoms with Crippen molar-refractivity contribution in [1.82, 2.24) is 20.4 Å². The molecule has 138 valence electrons. The molecule has 3 rings (SSSR count). The highest BCUT2D eigenvalue weighted by Gasteiger charge is 2.21. The van der Waals surface area contributed by atoms with E-state index in [0.29, 0.717) is 13.2 Å². The van der Waals surface area contributed by atoms with Crippen LogP contribution in [0.2, 0.25) is 0 Å². The third-order valence-electron chi connectivity index (χ3n) is 4.90. The molecule has 2 N–H and O–H groups in total. The van der Waals surface area contributed by atoms with E-state index in [0.717, 1.165) is 58.8 Å². The molecule has 0 spiro atoms. The van der Waals surface area contributed by atoms with Crippen LogP contribution < -0.4 is 10.6 Å². The average Bonchev–Trinajstić information content (AvgIpc) is 2.68. The first kappa shape index (κ1) is 18.3. The number of nitrogens with one attached hydrogen (secondary N) is 2. The molecule has 1 aromatic carbocycles. The van der Waals surface area contributed by atoms with E-state index in [1.165, 1.54) is 5.56 Å². The van der Waals surface area contributed by atoms with Gasteiger partial charge in [-0.15, -0.1) is 0 Å². The second kappa shape index (κ2) is 9.87. The molecular weight excluding hydrogens is 316 g/mol. The van der Waals surface area contributed by atoms with E-state index in [-0.39, 0.29) is 11.9 Å². The van der Waals surface area contributed by atoms with Crippen LogP contribution in [0.3, 0.4) is 0 Å². The Bertz CT molecular complexity index is 511. The summed E-state index contributed by atoms with van der Waals surface area (Å²) in [4.78, 5) is 17.0. The summed E-state index contributed by atoms with van der Waals surface area (Å²) in [5.74, 6) is 0.0624. The molecule has 2 aliphatic heterocycles. The smallest absolute Gasteiger partial charge is 0.239 e. The van der Waals surface area contributed by atoms with Gasteiger partial charge in [-0.05, 0) is 18.5 Å². The lowest BCUT2D eigenvalue weighted by atomic mass is 10.2. The number of rotatable bonds is 7. The number of benzene rings is 1. The van der Waals surface area contributed by atoms with E-state index in [2.05, 4.69) is 50.8 Å². The predicted molar refractivity (Wildman–Crippen MR) is 98.4 cm³/mol. The van der Waals surface area contributed by atoms with Gasteiger partial charge in [-0.2, -0.15) is 0 Å². The zero-order valence-electron chi connectivity index (χ0n) is 15.0. The maximum atomic E-state index is 12.0. The number of ether oxygens (including phenoxy) is 1. The highest BCUT2D eigenvalue weighted by atomic mass is 16.5. The number of carbonyl (C=O) groups excluding carboxylic acids is 1. The number of morpholine rings is 1. The van der Waals surface area contributed by atoms with Gasteiger partial charge in [0.15, 0.2) is 0 Å². The van der Waals surface area contributed by atoms with Gasteiger partial charge in [0, 0.05) is 45.8 Å². The summed E-state index contributed by atoms with van der Waals surface area (Å²) in [6.07, 6.45) is 0.998. The molecular formula is C19H30N4O2. The second-order valence-electron chi connectivity index (χ2n) is 6.83. The molecule has 2 aliphatic rings. The molecule has 25 heavy (non-hydrogen) atoms. The number of carbonyl (C=O) groups is 1. The van der Waals surface area contributed by atoms with Crippen LogP contribution in [0.4, 0.5) is 0 Å². The number of amides is 1. The molecule has 0 aromatic heterocycles. The summed E-state index contributed by atoms with van der Waals surface area (Å²) < 4.78 is 5.32. The Morgan fingerprint density at radius 2 is 1.92 bits per heavy atom. The van der Waals surface area contributed by atoms with Gasteiger partial charge in [-0.25, -0.2) is 0 Å².